The second kappa shape index (κ2) is 10.0. The maximum Gasteiger partial charge on any atom is 0.293 e. The first kappa shape index (κ1) is 20.9. The molecule has 0 unspecified atom stereocenters. The molecule has 140 valence electrons. The highest BCUT2D eigenvalue weighted by molar-refractivity contribution is 8.18. The molecule has 3 amide bonds. The molecule has 0 atom stereocenters. The molecule has 1 aliphatic heterocycles. The Morgan fingerprint density at radius 3 is 2.77 bits per heavy atom. The number of carbonyl (C=O) groups is 3. The van der Waals surface area contributed by atoms with Gasteiger partial charge in [-0.15, -0.1) is 0 Å². The van der Waals surface area contributed by atoms with Crippen molar-refractivity contribution in [2.45, 2.75) is 13.8 Å². The number of rotatable bonds is 8. The van der Waals surface area contributed by atoms with Gasteiger partial charge in [0, 0.05) is 18.1 Å². The Balaban J connectivity index is 1.85. The van der Waals surface area contributed by atoms with Gasteiger partial charge < -0.3 is 5.32 Å². The molecule has 1 aromatic carbocycles. The monoisotopic (exact) mass is 412 g/mol. The average Bonchev–Trinajstić information content (AvgIpc) is 2.84. The quantitative estimate of drug-likeness (QED) is 0.656. The minimum Gasteiger partial charge on any atom is -0.354 e. The Labute approximate surface area is 166 Å². The fourth-order valence-electron chi connectivity index (χ4n) is 2.17. The lowest BCUT2D eigenvalue weighted by Crippen LogP contribution is -2.37. The molecule has 0 aromatic heterocycles. The smallest absolute Gasteiger partial charge is 0.293 e. The number of nitrogens with zero attached hydrogens (tertiary/aromatic N) is 1. The molecule has 2 rings (SSSR count). The minimum absolute atomic E-state index is 0.0887. The molecule has 0 aliphatic carbocycles. The third-order valence-electron chi connectivity index (χ3n) is 3.41. The van der Waals surface area contributed by atoms with Crippen molar-refractivity contribution in [3.05, 3.63) is 39.8 Å². The lowest BCUT2D eigenvalue weighted by atomic mass is 10.2. The summed E-state index contributed by atoms with van der Waals surface area (Å²) in [5.74, 6) is 1.39. The Kier molecular flexibility index (Phi) is 8.06. The number of halogens is 1. The second-order valence-corrected chi connectivity index (χ2v) is 8.54. The fourth-order valence-corrected chi connectivity index (χ4v) is 4.09. The average molecular weight is 413 g/mol. The van der Waals surface area contributed by atoms with Crippen LogP contribution in [0.3, 0.4) is 0 Å². The predicted molar refractivity (Wildman–Crippen MR) is 109 cm³/mol. The van der Waals surface area contributed by atoms with E-state index in [0.717, 1.165) is 22.4 Å². The molecule has 1 aromatic rings. The largest absolute Gasteiger partial charge is 0.354 e. The number of carbonyl (C=O) groups excluding carboxylic acids is 3. The van der Waals surface area contributed by atoms with Crippen molar-refractivity contribution >= 4 is 58.3 Å². The van der Waals surface area contributed by atoms with Gasteiger partial charge in [-0.25, -0.2) is 0 Å². The summed E-state index contributed by atoms with van der Waals surface area (Å²) >= 11 is 8.54. The molecule has 5 nitrogen and oxygen atoms in total. The maximum atomic E-state index is 12.4. The third kappa shape index (κ3) is 6.07. The molecule has 0 saturated carbocycles. The van der Waals surface area contributed by atoms with E-state index in [1.807, 2.05) is 6.07 Å². The van der Waals surface area contributed by atoms with Crippen LogP contribution in [-0.4, -0.2) is 46.5 Å². The van der Waals surface area contributed by atoms with E-state index in [9.17, 15) is 14.4 Å². The van der Waals surface area contributed by atoms with Gasteiger partial charge in [0.25, 0.3) is 11.1 Å². The van der Waals surface area contributed by atoms with Crippen molar-refractivity contribution in [3.8, 4) is 0 Å². The van der Waals surface area contributed by atoms with Gasteiger partial charge in [0.1, 0.15) is 0 Å². The van der Waals surface area contributed by atoms with Crippen LogP contribution in [0.25, 0.3) is 6.08 Å². The van der Waals surface area contributed by atoms with Crippen molar-refractivity contribution in [2.24, 2.45) is 5.92 Å². The first-order valence-electron chi connectivity index (χ1n) is 8.23. The van der Waals surface area contributed by atoms with Crippen molar-refractivity contribution in [1.82, 2.24) is 10.2 Å². The summed E-state index contributed by atoms with van der Waals surface area (Å²) in [5.41, 5.74) is 0.690. The SMILES string of the molecule is CC(C)CSCC(=O)NCCN1C(=O)S/C(=C\c2ccccc2Cl)C1=O. The van der Waals surface area contributed by atoms with E-state index >= 15 is 0 Å². The lowest BCUT2D eigenvalue weighted by Gasteiger charge is -2.13. The van der Waals surface area contributed by atoms with Gasteiger partial charge in [-0.2, -0.15) is 11.8 Å². The zero-order chi connectivity index (χ0) is 19.1. The molecule has 0 radical (unpaired) electrons. The number of benzene rings is 1. The Hall–Kier alpha value is -1.44. The van der Waals surface area contributed by atoms with Gasteiger partial charge in [0.15, 0.2) is 0 Å². The minimum atomic E-state index is -0.358. The van der Waals surface area contributed by atoms with Gasteiger partial charge in [0.05, 0.1) is 10.7 Å². The fraction of sp³-hybridized carbons (Fsp3) is 0.389. The van der Waals surface area contributed by atoms with Gasteiger partial charge in [0.2, 0.25) is 5.91 Å². The van der Waals surface area contributed by atoms with Crippen molar-refractivity contribution in [1.29, 1.82) is 0 Å². The maximum absolute atomic E-state index is 12.4. The predicted octanol–water partition coefficient (Wildman–Crippen LogP) is 3.88. The lowest BCUT2D eigenvalue weighted by molar-refractivity contribution is -0.123. The van der Waals surface area contributed by atoms with Crippen molar-refractivity contribution in [3.63, 3.8) is 0 Å². The highest BCUT2D eigenvalue weighted by Gasteiger charge is 2.34. The topological polar surface area (TPSA) is 66.5 Å². The van der Waals surface area contributed by atoms with E-state index in [0.29, 0.717) is 27.2 Å². The van der Waals surface area contributed by atoms with Crippen LogP contribution in [0.4, 0.5) is 4.79 Å². The molecule has 0 bridgehead atoms. The highest BCUT2D eigenvalue weighted by atomic mass is 35.5. The number of imide groups is 1. The van der Waals surface area contributed by atoms with Crippen LogP contribution in [0.15, 0.2) is 29.2 Å². The molecule has 1 N–H and O–H groups in total. The normalized spacial score (nSPS) is 16.0. The molecule has 1 aliphatic rings. The summed E-state index contributed by atoms with van der Waals surface area (Å²) in [5, 5.41) is 2.92. The van der Waals surface area contributed by atoms with Gasteiger partial charge >= 0.3 is 0 Å². The number of hydrogen-bond donors (Lipinski definition) is 1. The molecule has 1 heterocycles. The second-order valence-electron chi connectivity index (χ2n) is 6.11. The van der Waals surface area contributed by atoms with E-state index in [-0.39, 0.29) is 30.1 Å². The van der Waals surface area contributed by atoms with Crippen LogP contribution in [0.2, 0.25) is 5.02 Å². The van der Waals surface area contributed by atoms with E-state index < -0.39 is 0 Å². The summed E-state index contributed by atoms with van der Waals surface area (Å²) in [6.45, 7) is 4.60. The zero-order valence-electron chi connectivity index (χ0n) is 14.7. The Morgan fingerprint density at radius 1 is 1.35 bits per heavy atom. The molecule has 1 saturated heterocycles. The number of amides is 3. The molecule has 26 heavy (non-hydrogen) atoms. The van der Waals surface area contributed by atoms with Crippen LogP contribution in [0, 0.1) is 5.92 Å². The third-order valence-corrected chi connectivity index (χ3v) is 6.03. The highest BCUT2D eigenvalue weighted by Crippen LogP contribution is 2.33. The van der Waals surface area contributed by atoms with E-state index in [2.05, 4.69) is 19.2 Å². The number of hydrogen-bond acceptors (Lipinski definition) is 5. The van der Waals surface area contributed by atoms with Crippen molar-refractivity contribution < 1.29 is 14.4 Å². The standard InChI is InChI=1S/C18H21ClN2O3S2/c1-12(2)10-25-11-16(22)20-7-8-21-17(23)15(26-18(21)24)9-13-5-3-4-6-14(13)19/h3-6,9,12H,7-8,10-11H2,1-2H3,(H,20,22)/b15-9-. The summed E-state index contributed by atoms with van der Waals surface area (Å²) in [7, 11) is 0. The molecule has 1 fully saturated rings. The Morgan fingerprint density at radius 2 is 2.08 bits per heavy atom. The van der Waals surface area contributed by atoms with Crippen LogP contribution in [0.5, 0.6) is 0 Å². The van der Waals surface area contributed by atoms with Crippen LogP contribution < -0.4 is 5.32 Å². The van der Waals surface area contributed by atoms with Crippen molar-refractivity contribution in [2.75, 3.05) is 24.6 Å². The Bertz CT molecular complexity index is 722. The summed E-state index contributed by atoms with van der Waals surface area (Å²) in [6, 6.07) is 7.12. The summed E-state index contributed by atoms with van der Waals surface area (Å²) in [6.07, 6.45) is 1.62. The van der Waals surface area contributed by atoms with Crippen LogP contribution >= 0.6 is 35.1 Å². The van der Waals surface area contributed by atoms with E-state index in [1.54, 1.807) is 36.0 Å². The molecular weight excluding hydrogens is 392 g/mol. The van der Waals surface area contributed by atoms with E-state index in [1.165, 1.54) is 0 Å². The molecule has 8 heteroatoms. The van der Waals surface area contributed by atoms with Crippen LogP contribution in [-0.2, 0) is 9.59 Å². The van der Waals surface area contributed by atoms with Gasteiger partial charge in [-0.1, -0.05) is 43.6 Å². The van der Waals surface area contributed by atoms with Gasteiger partial charge in [-0.3, -0.25) is 19.3 Å². The first-order valence-corrected chi connectivity index (χ1v) is 10.6. The molecular formula is C18H21ClN2O3S2. The zero-order valence-corrected chi connectivity index (χ0v) is 17.0. The van der Waals surface area contributed by atoms with Gasteiger partial charge in [-0.05, 0) is 41.1 Å². The summed E-state index contributed by atoms with van der Waals surface area (Å²) < 4.78 is 0. The summed E-state index contributed by atoms with van der Waals surface area (Å²) in [4.78, 5) is 37.7. The van der Waals surface area contributed by atoms with Crippen LogP contribution in [0.1, 0.15) is 19.4 Å². The first-order chi connectivity index (χ1) is 12.4. The molecule has 0 spiro atoms. The number of thioether (sulfide) groups is 2. The van der Waals surface area contributed by atoms with E-state index in [4.69, 9.17) is 11.6 Å². The number of nitrogens with one attached hydrogen (secondary N) is 1.